The van der Waals surface area contributed by atoms with Crippen LogP contribution in [0.5, 0.6) is 0 Å². The van der Waals surface area contributed by atoms with E-state index >= 15 is 0 Å². The minimum absolute atomic E-state index is 0.159. The maximum Gasteiger partial charge on any atom is 0.417 e. The van der Waals surface area contributed by atoms with E-state index in [1.54, 1.807) is 4.90 Å². The van der Waals surface area contributed by atoms with Gasteiger partial charge in [-0.2, -0.15) is 13.2 Å². The fraction of sp³-hybridized carbons (Fsp3) is 0.632. The Morgan fingerprint density at radius 1 is 1.17 bits per heavy atom. The van der Waals surface area contributed by atoms with Crippen LogP contribution in [0.4, 0.5) is 18.9 Å². The molecule has 1 saturated heterocycles. The number of anilines is 1. The fourth-order valence-electron chi connectivity index (χ4n) is 4.16. The number of carboxylic acids is 1. The number of carboxylic acid groups (broad SMARTS) is 1. The molecule has 2 fully saturated rings. The zero-order valence-electron chi connectivity index (χ0n) is 16.7. The van der Waals surface area contributed by atoms with Crippen LogP contribution in [0, 0.1) is 5.92 Å². The van der Waals surface area contributed by atoms with Crippen LogP contribution in [0.15, 0.2) is 23.1 Å². The molecule has 1 aromatic rings. The molecule has 0 amide bonds. The van der Waals surface area contributed by atoms with E-state index in [4.69, 9.17) is 4.74 Å². The van der Waals surface area contributed by atoms with Crippen molar-refractivity contribution in [2.45, 2.75) is 35.3 Å². The van der Waals surface area contributed by atoms with E-state index in [1.165, 1.54) is 13.2 Å². The lowest BCUT2D eigenvalue weighted by Crippen LogP contribution is -2.44. The van der Waals surface area contributed by atoms with Gasteiger partial charge in [-0.1, -0.05) is 0 Å². The molecule has 0 unspecified atom stereocenters. The van der Waals surface area contributed by atoms with Crippen LogP contribution in [0.25, 0.3) is 0 Å². The second kappa shape index (κ2) is 8.35. The molecule has 3 atom stereocenters. The molecule has 0 radical (unpaired) electrons. The van der Waals surface area contributed by atoms with E-state index in [-0.39, 0.29) is 12.8 Å². The number of carbonyl (C=O) groups is 1. The van der Waals surface area contributed by atoms with Crippen LogP contribution in [-0.2, 0) is 25.5 Å². The number of likely N-dealkylation sites (N-methyl/N-ethyl adjacent to an activating group) is 1. The quantitative estimate of drug-likeness (QED) is 0.735. The Morgan fingerprint density at radius 3 is 2.30 bits per heavy atom. The van der Waals surface area contributed by atoms with Gasteiger partial charge in [-0.15, -0.1) is 0 Å². The largest absolute Gasteiger partial charge is 0.481 e. The lowest BCUT2D eigenvalue weighted by Gasteiger charge is -2.34. The number of nitrogens with zero attached hydrogens (tertiary/aromatic N) is 2. The van der Waals surface area contributed by atoms with Crippen LogP contribution in [0.2, 0.25) is 0 Å². The maximum atomic E-state index is 13.8. The van der Waals surface area contributed by atoms with Crippen LogP contribution < -0.4 is 4.90 Å². The lowest BCUT2D eigenvalue weighted by molar-refractivity contribution is -0.145. The van der Waals surface area contributed by atoms with E-state index < -0.39 is 49.7 Å². The molecule has 1 heterocycles. The standard InChI is InChI=1S/C19H25F3N2O5S/c1-23-5-7-24(8-6-23)12-3-4-17(15(9-12)19(20,21)22)30(27,28)13-10-14(18(25)26)16(11-13)29-2/h3-4,9,13-14,16H,5-8,10-11H2,1-2H3,(H,25,26)/t13-,14-,16-/m1/s1. The average molecular weight is 450 g/mol. The van der Waals surface area contributed by atoms with Crippen molar-refractivity contribution in [1.82, 2.24) is 4.90 Å². The first-order valence-corrected chi connectivity index (χ1v) is 11.1. The summed E-state index contributed by atoms with van der Waals surface area (Å²) in [7, 11) is -1.22. The molecule has 0 bridgehead atoms. The highest BCUT2D eigenvalue weighted by Gasteiger charge is 2.47. The summed E-state index contributed by atoms with van der Waals surface area (Å²) >= 11 is 0. The van der Waals surface area contributed by atoms with Gasteiger partial charge in [-0.25, -0.2) is 8.42 Å². The first-order valence-electron chi connectivity index (χ1n) is 9.59. The third kappa shape index (κ3) is 4.42. The SMILES string of the molecule is CO[C@@H]1C[C@H](S(=O)(=O)c2ccc(N3CCN(C)CC3)cc2C(F)(F)F)C[C@H]1C(=O)O. The predicted molar refractivity (Wildman–Crippen MR) is 103 cm³/mol. The van der Waals surface area contributed by atoms with Gasteiger partial charge in [0, 0.05) is 39.0 Å². The van der Waals surface area contributed by atoms with Crippen LogP contribution >= 0.6 is 0 Å². The normalized spacial score (nSPS) is 26.2. The summed E-state index contributed by atoms with van der Waals surface area (Å²) in [5.41, 5.74) is -0.898. The molecule has 1 aliphatic carbocycles. The Hall–Kier alpha value is -1.85. The molecule has 1 aromatic carbocycles. The van der Waals surface area contributed by atoms with Crippen molar-refractivity contribution in [3.8, 4) is 0 Å². The molecule has 1 N–H and O–H groups in total. The molecular formula is C19H25F3N2O5S. The van der Waals surface area contributed by atoms with Gasteiger partial charge in [-0.3, -0.25) is 4.79 Å². The first-order chi connectivity index (χ1) is 13.9. The number of hydrogen-bond acceptors (Lipinski definition) is 6. The fourth-order valence-corrected chi connectivity index (χ4v) is 6.16. The molecule has 1 aliphatic heterocycles. The average Bonchev–Trinajstić information content (AvgIpc) is 3.13. The molecule has 3 rings (SSSR count). The van der Waals surface area contributed by atoms with Gasteiger partial charge < -0.3 is 19.6 Å². The van der Waals surface area contributed by atoms with Gasteiger partial charge in [0.15, 0.2) is 9.84 Å². The number of ether oxygens (including phenoxy) is 1. The Morgan fingerprint density at radius 2 is 1.80 bits per heavy atom. The highest BCUT2D eigenvalue weighted by molar-refractivity contribution is 7.92. The number of aliphatic carboxylic acids is 1. The van der Waals surface area contributed by atoms with E-state index in [2.05, 4.69) is 4.90 Å². The summed E-state index contributed by atoms with van der Waals surface area (Å²) in [5, 5.41) is 8.04. The molecule has 0 spiro atoms. The maximum absolute atomic E-state index is 13.8. The lowest BCUT2D eigenvalue weighted by atomic mass is 10.1. The molecular weight excluding hydrogens is 425 g/mol. The summed E-state index contributed by atoms with van der Waals surface area (Å²) in [6, 6.07) is 3.28. The van der Waals surface area contributed by atoms with Crippen molar-refractivity contribution < 1.29 is 36.2 Å². The molecule has 7 nitrogen and oxygen atoms in total. The van der Waals surface area contributed by atoms with Gasteiger partial charge in [-0.05, 0) is 38.1 Å². The zero-order chi connectivity index (χ0) is 22.3. The van der Waals surface area contributed by atoms with E-state index in [1.807, 2.05) is 7.05 Å². The number of hydrogen-bond donors (Lipinski definition) is 1. The summed E-state index contributed by atoms with van der Waals surface area (Å²) in [6.07, 6.45) is -6.17. The van der Waals surface area contributed by atoms with Gasteiger partial charge >= 0.3 is 12.1 Å². The van der Waals surface area contributed by atoms with Gasteiger partial charge in [0.2, 0.25) is 0 Å². The van der Waals surface area contributed by atoms with Crippen molar-refractivity contribution in [2.24, 2.45) is 5.92 Å². The Balaban J connectivity index is 1.97. The second-order valence-corrected chi connectivity index (χ2v) is 10.0. The Labute approximate surface area is 173 Å². The zero-order valence-corrected chi connectivity index (χ0v) is 17.5. The number of alkyl halides is 3. The number of benzene rings is 1. The number of halogens is 3. The first kappa shape index (κ1) is 22.8. The molecule has 2 aliphatic rings. The topological polar surface area (TPSA) is 87.2 Å². The third-order valence-electron chi connectivity index (χ3n) is 5.96. The predicted octanol–water partition coefficient (Wildman–Crippen LogP) is 2.11. The summed E-state index contributed by atoms with van der Waals surface area (Å²) in [4.78, 5) is 14.4. The minimum atomic E-state index is -4.86. The highest BCUT2D eigenvalue weighted by Crippen LogP contribution is 2.42. The van der Waals surface area contributed by atoms with Crippen molar-refractivity contribution in [2.75, 3.05) is 45.2 Å². The second-order valence-electron chi connectivity index (χ2n) is 7.83. The van der Waals surface area contributed by atoms with Crippen molar-refractivity contribution in [3.63, 3.8) is 0 Å². The summed E-state index contributed by atoms with van der Waals surface area (Å²) in [5.74, 6) is -2.30. The smallest absolute Gasteiger partial charge is 0.417 e. The Kier molecular flexibility index (Phi) is 6.35. The van der Waals surface area contributed by atoms with E-state index in [9.17, 15) is 31.5 Å². The number of rotatable bonds is 5. The number of sulfone groups is 1. The van der Waals surface area contributed by atoms with Gasteiger partial charge in [0.1, 0.15) is 0 Å². The van der Waals surface area contributed by atoms with Gasteiger partial charge in [0.25, 0.3) is 0 Å². The van der Waals surface area contributed by atoms with Crippen LogP contribution in [-0.4, -0.2) is 76.1 Å². The molecule has 11 heteroatoms. The van der Waals surface area contributed by atoms with Crippen LogP contribution in [0.3, 0.4) is 0 Å². The summed E-state index contributed by atoms with van der Waals surface area (Å²) < 4.78 is 72.7. The number of methoxy groups -OCH3 is 1. The third-order valence-corrected chi connectivity index (χ3v) is 8.19. The van der Waals surface area contributed by atoms with Crippen molar-refractivity contribution in [3.05, 3.63) is 23.8 Å². The monoisotopic (exact) mass is 450 g/mol. The van der Waals surface area contributed by atoms with Crippen molar-refractivity contribution in [1.29, 1.82) is 0 Å². The van der Waals surface area contributed by atoms with Crippen molar-refractivity contribution >= 4 is 21.5 Å². The van der Waals surface area contributed by atoms with E-state index in [0.29, 0.717) is 31.9 Å². The van der Waals surface area contributed by atoms with Gasteiger partial charge in [0.05, 0.1) is 27.7 Å². The van der Waals surface area contributed by atoms with E-state index in [0.717, 1.165) is 12.1 Å². The molecule has 168 valence electrons. The molecule has 30 heavy (non-hydrogen) atoms. The Bertz CT molecular complexity index is 898. The highest BCUT2D eigenvalue weighted by atomic mass is 32.2. The molecule has 0 aromatic heterocycles. The minimum Gasteiger partial charge on any atom is -0.481 e. The molecule has 1 saturated carbocycles. The number of piperazine rings is 1. The summed E-state index contributed by atoms with van der Waals surface area (Å²) in [6.45, 7) is 2.47. The van der Waals surface area contributed by atoms with Crippen LogP contribution in [0.1, 0.15) is 18.4 Å².